The zero-order valence-corrected chi connectivity index (χ0v) is 22.8. The highest BCUT2D eigenvalue weighted by atomic mass is 16.5. The van der Waals surface area contributed by atoms with E-state index in [0.717, 1.165) is 44.5 Å². The summed E-state index contributed by atoms with van der Waals surface area (Å²) in [6.45, 7) is 2.94. The average molecular weight is 551 g/mol. The Hall–Kier alpha value is -4.51. The van der Waals surface area contributed by atoms with Crippen molar-refractivity contribution in [3.8, 4) is 11.6 Å². The molecule has 1 amide bonds. The van der Waals surface area contributed by atoms with Gasteiger partial charge in [-0.2, -0.15) is 4.98 Å². The highest BCUT2D eigenvalue weighted by molar-refractivity contribution is 5.97. The van der Waals surface area contributed by atoms with Crippen molar-refractivity contribution in [1.82, 2.24) is 29.2 Å². The van der Waals surface area contributed by atoms with Crippen molar-refractivity contribution in [1.29, 1.82) is 0 Å². The number of benzene rings is 1. The molecular weight excluding hydrogens is 520 g/mol. The molecule has 0 atom stereocenters. The summed E-state index contributed by atoms with van der Waals surface area (Å²) >= 11 is 0. The molecule has 6 heterocycles. The molecule has 4 aliphatic rings. The quantitative estimate of drug-likeness (QED) is 0.379. The van der Waals surface area contributed by atoms with E-state index in [4.69, 9.17) is 14.7 Å². The van der Waals surface area contributed by atoms with Crippen LogP contribution in [0.25, 0.3) is 16.9 Å². The number of allylic oxidation sites excluding steroid dienone is 2. The van der Waals surface area contributed by atoms with Crippen LogP contribution in [0.3, 0.4) is 0 Å². The first-order valence-electron chi connectivity index (χ1n) is 14.1. The van der Waals surface area contributed by atoms with E-state index in [2.05, 4.69) is 40.5 Å². The van der Waals surface area contributed by atoms with Crippen LogP contribution in [-0.2, 0) is 24.3 Å². The van der Waals surface area contributed by atoms with Crippen LogP contribution in [0.2, 0.25) is 0 Å². The molecule has 3 aliphatic heterocycles. The van der Waals surface area contributed by atoms with Crippen LogP contribution < -0.4 is 20.5 Å². The summed E-state index contributed by atoms with van der Waals surface area (Å²) < 4.78 is 9.09. The van der Waals surface area contributed by atoms with Gasteiger partial charge in [-0.1, -0.05) is 18.2 Å². The first-order chi connectivity index (χ1) is 20.0. The van der Waals surface area contributed by atoms with E-state index in [1.807, 2.05) is 18.2 Å². The molecule has 1 fully saturated rings. The number of nitrogens with zero attached hydrogens (tertiary/aromatic N) is 7. The number of hydrogen-bond acceptors (Lipinski definition) is 8. The third-order valence-electron chi connectivity index (χ3n) is 8.74. The Balaban J connectivity index is 1.24. The first kappa shape index (κ1) is 24.3. The van der Waals surface area contributed by atoms with Gasteiger partial charge in [0, 0.05) is 31.5 Å². The maximum Gasteiger partial charge on any atom is 0.278 e. The van der Waals surface area contributed by atoms with E-state index in [0.29, 0.717) is 47.5 Å². The lowest BCUT2D eigenvalue weighted by Crippen LogP contribution is -2.43. The van der Waals surface area contributed by atoms with E-state index in [9.17, 15) is 9.59 Å². The van der Waals surface area contributed by atoms with E-state index < -0.39 is 0 Å². The number of aromatic nitrogens is 5. The Morgan fingerprint density at radius 3 is 2.83 bits per heavy atom. The van der Waals surface area contributed by atoms with Crippen molar-refractivity contribution in [3.05, 3.63) is 70.2 Å². The normalized spacial score (nSPS) is 19.2. The van der Waals surface area contributed by atoms with Gasteiger partial charge in [0.05, 0.1) is 6.54 Å². The molecule has 1 N–H and O–H groups in total. The van der Waals surface area contributed by atoms with E-state index in [1.165, 1.54) is 11.1 Å². The molecule has 0 unspecified atom stereocenters. The Labute approximate surface area is 236 Å². The molecular formula is C30H30N8O3. The monoisotopic (exact) mass is 550 g/mol. The Bertz CT molecular complexity index is 1820. The molecule has 11 nitrogen and oxygen atoms in total. The largest absolute Gasteiger partial charge is 0.480 e. The van der Waals surface area contributed by atoms with Crippen molar-refractivity contribution in [2.45, 2.75) is 38.8 Å². The van der Waals surface area contributed by atoms with Gasteiger partial charge in [-0.25, -0.2) is 19.3 Å². The molecule has 1 spiro atoms. The van der Waals surface area contributed by atoms with Gasteiger partial charge < -0.3 is 15.0 Å². The smallest absolute Gasteiger partial charge is 0.278 e. The summed E-state index contributed by atoms with van der Waals surface area (Å²) in [5.74, 6) is 1.83. The number of nitrogens with one attached hydrogen (secondary N) is 1. The second-order valence-corrected chi connectivity index (χ2v) is 11.7. The van der Waals surface area contributed by atoms with Crippen LogP contribution in [-0.4, -0.2) is 61.9 Å². The van der Waals surface area contributed by atoms with Crippen molar-refractivity contribution >= 4 is 34.4 Å². The number of rotatable bonds is 2. The Morgan fingerprint density at radius 1 is 1.05 bits per heavy atom. The number of pyridine rings is 1. The summed E-state index contributed by atoms with van der Waals surface area (Å²) in [7, 11) is 2.13. The summed E-state index contributed by atoms with van der Waals surface area (Å²) in [5, 5.41) is 3.74. The van der Waals surface area contributed by atoms with Crippen LogP contribution in [0.4, 0.5) is 17.5 Å². The molecule has 8 rings (SSSR count). The molecule has 1 aliphatic carbocycles. The van der Waals surface area contributed by atoms with Crippen LogP contribution >= 0.6 is 0 Å². The van der Waals surface area contributed by atoms with Gasteiger partial charge in [0.25, 0.3) is 11.5 Å². The number of fused-ring (bicyclic) bond motifs is 6. The fourth-order valence-corrected chi connectivity index (χ4v) is 6.18. The lowest BCUT2D eigenvalue weighted by atomic mass is 9.99. The maximum atomic E-state index is 13.6. The van der Waals surface area contributed by atoms with Gasteiger partial charge in [0.15, 0.2) is 29.6 Å². The molecule has 2 bridgehead atoms. The van der Waals surface area contributed by atoms with E-state index in [1.54, 1.807) is 26.5 Å². The number of likely N-dealkylation sites (N-methyl/N-ethyl adjacent to an activating group) is 1. The third kappa shape index (κ3) is 4.10. The number of ether oxygens (including phenoxy) is 1. The highest BCUT2D eigenvalue weighted by Crippen LogP contribution is 2.51. The number of carbonyl (C=O) groups is 1. The minimum Gasteiger partial charge on any atom is -0.480 e. The topological polar surface area (TPSA) is 110 Å². The molecule has 1 aromatic carbocycles. The molecule has 4 aromatic rings. The van der Waals surface area contributed by atoms with Gasteiger partial charge in [-0.3, -0.25) is 14.5 Å². The lowest BCUT2D eigenvalue weighted by molar-refractivity contribution is -0.121. The van der Waals surface area contributed by atoms with Crippen LogP contribution in [0, 0.1) is 5.41 Å². The lowest BCUT2D eigenvalue weighted by Gasteiger charge is -2.31. The van der Waals surface area contributed by atoms with Crippen LogP contribution in [0.5, 0.6) is 5.75 Å². The summed E-state index contributed by atoms with van der Waals surface area (Å²) in [6, 6.07) is 9.97. The number of hydrogen-bond donors (Lipinski definition) is 1. The number of carbonyl (C=O) groups excluding carboxylic acids is 1. The van der Waals surface area contributed by atoms with Crippen molar-refractivity contribution in [3.63, 3.8) is 0 Å². The van der Waals surface area contributed by atoms with Gasteiger partial charge >= 0.3 is 0 Å². The van der Waals surface area contributed by atoms with E-state index in [-0.39, 0.29) is 23.5 Å². The molecule has 3 aromatic heterocycles. The second-order valence-electron chi connectivity index (χ2n) is 11.7. The van der Waals surface area contributed by atoms with Gasteiger partial charge in [0.1, 0.15) is 5.39 Å². The number of amides is 1. The summed E-state index contributed by atoms with van der Waals surface area (Å²) in [5.41, 5.74) is 3.84. The predicted molar refractivity (Wildman–Crippen MR) is 154 cm³/mol. The predicted octanol–water partition coefficient (Wildman–Crippen LogP) is 3.17. The SMILES string of the molecule is CN1CCc2cc(Nc3ncc4c(=O)n5n(c4n3)-c3ccc4c(n3)N(CC3(CC=CC5)CC3)C(=O)CO4)ccc2C1. The van der Waals surface area contributed by atoms with Gasteiger partial charge in [-0.15, -0.1) is 0 Å². The highest BCUT2D eigenvalue weighted by Gasteiger charge is 2.45. The van der Waals surface area contributed by atoms with Crippen molar-refractivity contribution in [2.75, 3.05) is 37.0 Å². The third-order valence-corrected chi connectivity index (χ3v) is 8.74. The molecule has 1 saturated carbocycles. The van der Waals surface area contributed by atoms with Gasteiger partial charge in [0.2, 0.25) is 5.95 Å². The second kappa shape index (κ2) is 9.00. The molecule has 0 radical (unpaired) electrons. The zero-order valence-electron chi connectivity index (χ0n) is 22.8. The fraction of sp³-hybridized carbons (Fsp3) is 0.367. The van der Waals surface area contributed by atoms with Gasteiger partial charge in [-0.05, 0) is 73.5 Å². The Kier molecular flexibility index (Phi) is 5.33. The van der Waals surface area contributed by atoms with E-state index >= 15 is 0 Å². The molecule has 11 heteroatoms. The van der Waals surface area contributed by atoms with Crippen molar-refractivity contribution < 1.29 is 9.53 Å². The van der Waals surface area contributed by atoms with Crippen LogP contribution in [0.1, 0.15) is 30.4 Å². The Morgan fingerprint density at radius 2 is 1.95 bits per heavy atom. The summed E-state index contributed by atoms with van der Waals surface area (Å²) in [4.78, 5) is 44.9. The molecule has 0 saturated heterocycles. The molecule has 41 heavy (non-hydrogen) atoms. The minimum atomic E-state index is -0.198. The number of anilines is 3. The first-order valence-corrected chi connectivity index (χ1v) is 14.1. The maximum absolute atomic E-state index is 13.6. The molecule has 208 valence electrons. The fourth-order valence-electron chi connectivity index (χ4n) is 6.18. The van der Waals surface area contributed by atoms with Crippen LogP contribution in [0.15, 0.2) is 53.5 Å². The van der Waals surface area contributed by atoms with Crippen molar-refractivity contribution in [2.24, 2.45) is 5.41 Å². The minimum absolute atomic E-state index is 0.00124. The standard InChI is InChI=1S/C30H30N8O3/c1-35-13-8-19-14-21(5-4-20(19)16-35)32-29-31-15-22-26(34-29)38-24-7-6-23-27(33-24)36(25(39)17-41-23)18-30(10-11-30)9-2-3-12-37(38)28(22)40/h2-7,14-15H,8-13,16-18H2,1H3,(H,31,32,34). The average Bonchev–Trinajstić information content (AvgIpc) is 3.69. The zero-order chi connectivity index (χ0) is 27.7. The summed E-state index contributed by atoms with van der Waals surface area (Å²) in [6.07, 6.45) is 9.67.